The Bertz CT molecular complexity index is 574. The fourth-order valence-electron chi connectivity index (χ4n) is 2.32. The van der Waals surface area contributed by atoms with Crippen LogP contribution in [0.5, 0.6) is 5.75 Å². The smallest absolute Gasteiger partial charge is 0.412 e. The second kappa shape index (κ2) is 8.07. The molecule has 6 nitrogen and oxygen atoms in total. The Labute approximate surface area is 151 Å². The summed E-state index contributed by atoms with van der Waals surface area (Å²) < 4.78 is 17.9. The van der Waals surface area contributed by atoms with Gasteiger partial charge >= 0.3 is 6.09 Å². The molecule has 0 saturated carbocycles. The minimum absolute atomic E-state index is 0.199. The van der Waals surface area contributed by atoms with Crippen molar-refractivity contribution in [1.29, 1.82) is 0 Å². The lowest BCUT2D eigenvalue weighted by Crippen LogP contribution is -2.46. The summed E-state index contributed by atoms with van der Waals surface area (Å²) in [5, 5.41) is 0. The molecule has 0 bridgehead atoms. The molecule has 1 amide bonds. The van der Waals surface area contributed by atoms with Gasteiger partial charge in [-0.15, -0.1) is 0 Å². The summed E-state index contributed by atoms with van der Waals surface area (Å²) >= 11 is 3.36. The Morgan fingerprint density at radius 2 is 2.17 bits per heavy atom. The molecule has 1 atom stereocenters. The zero-order chi connectivity index (χ0) is 17.7. The molecule has 1 aliphatic heterocycles. The number of rotatable bonds is 3. The van der Waals surface area contributed by atoms with E-state index in [1.54, 1.807) is 17.0 Å². The predicted molar refractivity (Wildman–Crippen MR) is 96.0 cm³/mol. The second-order valence-electron chi connectivity index (χ2n) is 6.70. The molecule has 0 aliphatic carbocycles. The number of benzene rings is 1. The van der Waals surface area contributed by atoms with Gasteiger partial charge in [-0.3, -0.25) is 4.90 Å². The first-order valence-corrected chi connectivity index (χ1v) is 8.84. The number of halogens is 1. The highest BCUT2D eigenvalue weighted by molar-refractivity contribution is 9.10. The van der Waals surface area contributed by atoms with Crippen molar-refractivity contribution in [2.24, 2.45) is 0 Å². The van der Waals surface area contributed by atoms with Crippen LogP contribution in [-0.2, 0) is 9.47 Å². The highest BCUT2D eigenvalue weighted by Gasteiger charge is 2.30. The molecule has 0 spiro atoms. The van der Waals surface area contributed by atoms with E-state index in [-0.39, 0.29) is 12.7 Å². The molecule has 0 aromatic heterocycles. The van der Waals surface area contributed by atoms with E-state index in [0.29, 0.717) is 24.6 Å². The standard InChI is InChI=1S/C17H25BrN2O4/c1-17(2,3)24-16(21)20-8-4-5-9-22-15(20)11-23-14-7-6-12(18)10-13(14)19/h6-7,10,15H,4-5,8-9,11,19H2,1-3H3. The highest BCUT2D eigenvalue weighted by Crippen LogP contribution is 2.26. The Morgan fingerprint density at radius 1 is 1.42 bits per heavy atom. The normalized spacial score (nSPS) is 18.8. The highest BCUT2D eigenvalue weighted by atomic mass is 79.9. The zero-order valence-corrected chi connectivity index (χ0v) is 16.0. The van der Waals surface area contributed by atoms with Crippen molar-refractivity contribution in [2.45, 2.75) is 45.4 Å². The van der Waals surface area contributed by atoms with Crippen LogP contribution in [0, 0.1) is 0 Å². The van der Waals surface area contributed by atoms with E-state index in [2.05, 4.69) is 15.9 Å². The molecule has 1 aromatic rings. The topological polar surface area (TPSA) is 74.0 Å². The fourth-order valence-corrected chi connectivity index (χ4v) is 2.70. The van der Waals surface area contributed by atoms with E-state index in [1.165, 1.54) is 0 Å². The maximum atomic E-state index is 12.4. The number of carbonyl (C=O) groups excluding carboxylic acids is 1. The van der Waals surface area contributed by atoms with E-state index < -0.39 is 11.8 Å². The van der Waals surface area contributed by atoms with Gasteiger partial charge in [0, 0.05) is 17.6 Å². The number of nitrogens with zero attached hydrogens (tertiary/aromatic N) is 1. The minimum atomic E-state index is -0.551. The third-order valence-corrected chi connectivity index (χ3v) is 3.93. The van der Waals surface area contributed by atoms with Crippen molar-refractivity contribution in [3.63, 3.8) is 0 Å². The van der Waals surface area contributed by atoms with E-state index >= 15 is 0 Å². The lowest BCUT2D eigenvalue weighted by Gasteiger charge is -2.31. The van der Waals surface area contributed by atoms with Crippen LogP contribution in [0.25, 0.3) is 0 Å². The number of anilines is 1. The van der Waals surface area contributed by atoms with Crippen LogP contribution in [0.4, 0.5) is 10.5 Å². The number of ether oxygens (including phenoxy) is 3. The number of carbonyl (C=O) groups is 1. The molecule has 1 unspecified atom stereocenters. The average Bonchev–Trinajstić information content (AvgIpc) is 2.70. The SMILES string of the molecule is CC(C)(C)OC(=O)N1CCCCOC1COc1ccc(Br)cc1N. The van der Waals surface area contributed by atoms with Crippen molar-refractivity contribution in [3.05, 3.63) is 22.7 Å². The van der Waals surface area contributed by atoms with Crippen LogP contribution in [0.3, 0.4) is 0 Å². The summed E-state index contributed by atoms with van der Waals surface area (Å²) in [4.78, 5) is 14.0. The lowest BCUT2D eigenvalue weighted by atomic mass is 10.2. The third kappa shape index (κ3) is 5.56. The Balaban J connectivity index is 2.04. The molecule has 7 heteroatoms. The maximum Gasteiger partial charge on any atom is 0.412 e. The Hall–Kier alpha value is -1.47. The number of nitrogens with two attached hydrogens (primary N) is 1. The first-order chi connectivity index (χ1) is 11.3. The van der Waals surface area contributed by atoms with Gasteiger partial charge in [0.25, 0.3) is 0 Å². The predicted octanol–water partition coefficient (Wildman–Crippen LogP) is 3.78. The Morgan fingerprint density at radius 3 is 2.83 bits per heavy atom. The van der Waals surface area contributed by atoms with E-state index in [9.17, 15) is 4.79 Å². The van der Waals surface area contributed by atoms with E-state index in [0.717, 1.165) is 17.3 Å². The first kappa shape index (κ1) is 18.9. The van der Waals surface area contributed by atoms with Gasteiger partial charge in [0.15, 0.2) is 6.23 Å². The number of amides is 1. The summed E-state index contributed by atoms with van der Waals surface area (Å²) in [5.74, 6) is 0.565. The zero-order valence-electron chi connectivity index (χ0n) is 14.4. The van der Waals surface area contributed by atoms with Gasteiger partial charge in [-0.25, -0.2) is 4.79 Å². The second-order valence-corrected chi connectivity index (χ2v) is 7.62. The van der Waals surface area contributed by atoms with Gasteiger partial charge in [0.2, 0.25) is 0 Å². The molecule has 134 valence electrons. The molecule has 24 heavy (non-hydrogen) atoms. The van der Waals surface area contributed by atoms with Gasteiger partial charge in [0.1, 0.15) is 18.0 Å². The van der Waals surface area contributed by atoms with Gasteiger partial charge in [-0.1, -0.05) is 15.9 Å². The minimum Gasteiger partial charge on any atom is -0.487 e. The van der Waals surface area contributed by atoms with Crippen molar-refractivity contribution in [3.8, 4) is 5.75 Å². The molecule has 1 aliphatic rings. The largest absolute Gasteiger partial charge is 0.487 e. The van der Waals surface area contributed by atoms with Gasteiger partial charge < -0.3 is 19.9 Å². The van der Waals surface area contributed by atoms with Crippen LogP contribution in [0.1, 0.15) is 33.6 Å². The molecular formula is C17H25BrN2O4. The molecule has 1 aromatic carbocycles. The summed E-state index contributed by atoms with van der Waals surface area (Å²) in [6.07, 6.45) is 0.888. The number of hydrogen-bond donors (Lipinski definition) is 1. The first-order valence-electron chi connectivity index (χ1n) is 8.05. The molecule has 0 radical (unpaired) electrons. The number of hydrogen-bond acceptors (Lipinski definition) is 5. The van der Waals surface area contributed by atoms with Crippen LogP contribution < -0.4 is 10.5 Å². The van der Waals surface area contributed by atoms with Crippen molar-refractivity contribution in [2.75, 3.05) is 25.5 Å². The van der Waals surface area contributed by atoms with Crippen molar-refractivity contribution in [1.82, 2.24) is 4.90 Å². The summed E-state index contributed by atoms with van der Waals surface area (Å²) in [7, 11) is 0. The Kier molecular flexibility index (Phi) is 6.34. The van der Waals surface area contributed by atoms with E-state index in [4.69, 9.17) is 19.9 Å². The van der Waals surface area contributed by atoms with Crippen LogP contribution in [0.2, 0.25) is 0 Å². The quantitative estimate of drug-likeness (QED) is 0.781. The number of nitrogen functional groups attached to an aromatic ring is 1. The van der Waals surface area contributed by atoms with Gasteiger partial charge in [-0.05, 0) is 51.8 Å². The fraction of sp³-hybridized carbons (Fsp3) is 0.588. The van der Waals surface area contributed by atoms with Crippen LogP contribution in [-0.4, -0.2) is 42.6 Å². The monoisotopic (exact) mass is 400 g/mol. The average molecular weight is 401 g/mol. The van der Waals surface area contributed by atoms with Crippen LogP contribution in [0.15, 0.2) is 22.7 Å². The molecule has 1 heterocycles. The van der Waals surface area contributed by atoms with Crippen LogP contribution >= 0.6 is 15.9 Å². The molecular weight excluding hydrogens is 376 g/mol. The van der Waals surface area contributed by atoms with Crippen molar-refractivity contribution >= 4 is 27.7 Å². The lowest BCUT2D eigenvalue weighted by molar-refractivity contribution is -0.0728. The summed E-state index contributed by atoms with van der Waals surface area (Å²) in [5.41, 5.74) is 5.92. The molecule has 1 saturated heterocycles. The maximum absolute atomic E-state index is 12.4. The molecule has 1 fully saturated rings. The van der Waals surface area contributed by atoms with E-state index in [1.807, 2.05) is 26.8 Å². The summed E-state index contributed by atoms with van der Waals surface area (Å²) in [6, 6.07) is 5.41. The molecule has 2 N–H and O–H groups in total. The van der Waals surface area contributed by atoms with Gasteiger partial charge in [0.05, 0.1) is 5.69 Å². The van der Waals surface area contributed by atoms with Crippen molar-refractivity contribution < 1.29 is 19.0 Å². The summed E-state index contributed by atoms with van der Waals surface area (Å²) in [6.45, 7) is 6.90. The van der Waals surface area contributed by atoms with Gasteiger partial charge in [-0.2, -0.15) is 0 Å². The third-order valence-electron chi connectivity index (χ3n) is 3.43. The molecule has 2 rings (SSSR count).